The quantitative estimate of drug-likeness (QED) is 0.279. The lowest BCUT2D eigenvalue weighted by Crippen LogP contribution is -2.49. The third kappa shape index (κ3) is 5.09. The van der Waals surface area contributed by atoms with Crippen LogP contribution in [0.25, 0.3) is 0 Å². The van der Waals surface area contributed by atoms with Crippen molar-refractivity contribution in [3.05, 3.63) is 104 Å². The van der Waals surface area contributed by atoms with Gasteiger partial charge in [-0.15, -0.1) is 0 Å². The number of nitrogens with zero attached hydrogens (tertiary/aromatic N) is 1. The van der Waals surface area contributed by atoms with Crippen LogP contribution >= 0.6 is 23.2 Å². The molecule has 2 N–H and O–H groups in total. The standard InChI is InChI=1S/C32H32Cl2FNO6/c1-3-31(40,20-12-14-42-15-13-20)22-16-25-29(26(35)17-22)32(41-2,21-6-10-24(34)11-7-21)36(30(25)39)27(18-28(37)38)19-4-8-23(33)9-5-19/h4-11,16-17,20,27,40H,3,12-15,18H2,1-2H3,(H,37,38)/t27?,31-,32+/m0/s1. The zero-order valence-electron chi connectivity index (χ0n) is 23.3. The molecule has 0 aliphatic carbocycles. The molecule has 2 aliphatic heterocycles. The van der Waals surface area contributed by atoms with Gasteiger partial charge in [-0.05, 0) is 72.7 Å². The van der Waals surface area contributed by atoms with E-state index in [0.29, 0.717) is 53.6 Å². The second-order valence-electron chi connectivity index (χ2n) is 10.7. The minimum atomic E-state index is -1.84. The first-order valence-electron chi connectivity index (χ1n) is 13.8. The van der Waals surface area contributed by atoms with Gasteiger partial charge in [-0.3, -0.25) is 14.5 Å². The van der Waals surface area contributed by atoms with E-state index >= 15 is 4.39 Å². The fourth-order valence-electron chi connectivity index (χ4n) is 6.51. The largest absolute Gasteiger partial charge is 0.481 e. The Bertz CT molecular complexity index is 1480. The zero-order chi connectivity index (χ0) is 30.2. The lowest BCUT2D eigenvalue weighted by molar-refractivity contribution is -0.142. The summed E-state index contributed by atoms with van der Waals surface area (Å²) in [6, 6.07) is 14.6. The van der Waals surface area contributed by atoms with E-state index in [-0.39, 0.29) is 22.6 Å². The summed E-state index contributed by atoms with van der Waals surface area (Å²) in [5.41, 5.74) is -2.17. The third-order valence-electron chi connectivity index (χ3n) is 8.62. The van der Waals surface area contributed by atoms with Crippen LogP contribution in [0.3, 0.4) is 0 Å². The first-order valence-corrected chi connectivity index (χ1v) is 14.6. The van der Waals surface area contributed by atoms with Crippen molar-refractivity contribution < 1.29 is 33.7 Å². The van der Waals surface area contributed by atoms with Gasteiger partial charge in [0.25, 0.3) is 5.91 Å². The Kier molecular flexibility index (Phi) is 8.65. The van der Waals surface area contributed by atoms with Crippen molar-refractivity contribution >= 4 is 35.1 Å². The van der Waals surface area contributed by atoms with Gasteiger partial charge >= 0.3 is 5.97 Å². The number of hydrogen-bond acceptors (Lipinski definition) is 5. The van der Waals surface area contributed by atoms with E-state index in [0.717, 1.165) is 0 Å². The molecular weight excluding hydrogens is 584 g/mol. The number of aliphatic carboxylic acids is 1. The van der Waals surface area contributed by atoms with Gasteiger partial charge in [0.1, 0.15) is 5.82 Å². The maximum Gasteiger partial charge on any atom is 0.305 e. The maximum atomic E-state index is 16.6. The lowest BCUT2D eigenvalue weighted by atomic mass is 9.74. The summed E-state index contributed by atoms with van der Waals surface area (Å²) in [5.74, 6) is -2.74. The van der Waals surface area contributed by atoms with Crippen molar-refractivity contribution in [2.75, 3.05) is 20.3 Å². The Balaban J connectivity index is 1.77. The molecule has 5 rings (SSSR count). The number of halogens is 3. The predicted octanol–water partition coefficient (Wildman–Crippen LogP) is 6.68. The Morgan fingerprint density at radius 3 is 2.26 bits per heavy atom. The van der Waals surface area contributed by atoms with Crippen molar-refractivity contribution in [2.24, 2.45) is 5.92 Å². The molecule has 0 saturated carbocycles. The van der Waals surface area contributed by atoms with Crippen LogP contribution in [0.1, 0.15) is 71.3 Å². The molecule has 1 fully saturated rings. The molecule has 2 heterocycles. The first kappa shape index (κ1) is 30.4. The summed E-state index contributed by atoms with van der Waals surface area (Å²) in [4.78, 5) is 28.0. The number of hydrogen-bond donors (Lipinski definition) is 2. The number of carbonyl (C=O) groups excluding carboxylic acids is 1. The summed E-state index contributed by atoms with van der Waals surface area (Å²) in [7, 11) is 1.35. The van der Waals surface area contributed by atoms with Gasteiger partial charge in [0.15, 0.2) is 5.72 Å². The zero-order valence-corrected chi connectivity index (χ0v) is 24.8. The highest BCUT2D eigenvalue weighted by Gasteiger charge is 2.57. The van der Waals surface area contributed by atoms with Gasteiger partial charge in [-0.2, -0.15) is 0 Å². The fraction of sp³-hybridized carbons (Fsp3) is 0.375. The first-order chi connectivity index (χ1) is 20.1. The molecule has 3 aromatic carbocycles. The molecular formula is C32H32Cl2FNO6. The molecule has 0 aromatic heterocycles. The Labute approximate surface area is 253 Å². The molecule has 1 amide bonds. The van der Waals surface area contributed by atoms with Crippen LogP contribution < -0.4 is 0 Å². The summed E-state index contributed by atoms with van der Waals surface area (Å²) in [5, 5.41) is 22.7. The van der Waals surface area contributed by atoms with Gasteiger partial charge in [-0.25, -0.2) is 4.39 Å². The summed E-state index contributed by atoms with van der Waals surface area (Å²) < 4.78 is 28.2. The van der Waals surface area contributed by atoms with Crippen LogP contribution in [-0.4, -0.2) is 47.3 Å². The average molecular weight is 617 g/mol. The molecule has 1 unspecified atom stereocenters. The molecule has 0 radical (unpaired) electrons. The Morgan fingerprint density at radius 2 is 1.71 bits per heavy atom. The molecule has 3 atom stereocenters. The molecule has 42 heavy (non-hydrogen) atoms. The second-order valence-corrected chi connectivity index (χ2v) is 11.6. The van der Waals surface area contributed by atoms with E-state index in [9.17, 15) is 19.8 Å². The monoisotopic (exact) mass is 615 g/mol. The highest BCUT2D eigenvalue weighted by molar-refractivity contribution is 6.30. The van der Waals surface area contributed by atoms with Crippen LogP contribution in [-0.2, 0) is 25.6 Å². The summed E-state index contributed by atoms with van der Waals surface area (Å²) in [6.07, 6.45) is 0.989. The second kappa shape index (κ2) is 11.9. The smallest absolute Gasteiger partial charge is 0.305 e. The third-order valence-corrected chi connectivity index (χ3v) is 9.12. The van der Waals surface area contributed by atoms with Gasteiger partial charge in [-0.1, -0.05) is 54.4 Å². The van der Waals surface area contributed by atoms with Crippen LogP contribution in [0.4, 0.5) is 4.39 Å². The minimum absolute atomic E-state index is 0.00918. The van der Waals surface area contributed by atoms with E-state index < -0.39 is 41.5 Å². The highest BCUT2D eigenvalue weighted by Crippen LogP contribution is 2.52. The molecule has 7 nitrogen and oxygen atoms in total. The van der Waals surface area contributed by atoms with Crippen molar-refractivity contribution in [3.8, 4) is 0 Å². The van der Waals surface area contributed by atoms with Crippen LogP contribution in [0, 0.1) is 11.7 Å². The number of carboxylic acid groups (broad SMARTS) is 1. The van der Waals surface area contributed by atoms with Crippen molar-refractivity contribution in [1.82, 2.24) is 4.90 Å². The van der Waals surface area contributed by atoms with E-state index in [1.807, 2.05) is 6.92 Å². The lowest BCUT2D eigenvalue weighted by Gasteiger charge is -2.42. The van der Waals surface area contributed by atoms with Gasteiger partial charge in [0.05, 0.1) is 29.2 Å². The normalized spacial score (nSPS) is 21.2. The number of amides is 1. The van der Waals surface area contributed by atoms with Crippen LogP contribution in [0.15, 0.2) is 60.7 Å². The topological polar surface area (TPSA) is 96.3 Å². The number of methoxy groups -OCH3 is 1. The van der Waals surface area contributed by atoms with Gasteiger partial charge in [0, 0.05) is 35.9 Å². The van der Waals surface area contributed by atoms with E-state index in [4.69, 9.17) is 32.7 Å². The average Bonchev–Trinajstić information content (AvgIpc) is 3.25. The maximum absolute atomic E-state index is 16.6. The summed E-state index contributed by atoms with van der Waals surface area (Å²) in [6.45, 7) is 2.79. The number of aliphatic hydroxyl groups is 1. The molecule has 222 valence electrons. The molecule has 3 aromatic rings. The van der Waals surface area contributed by atoms with Crippen LogP contribution in [0.2, 0.25) is 10.0 Å². The van der Waals surface area contributed by atoms with E-state index in [1.165, 1.54) is 24.1 Å². The Hall–Kier alpha value is -3.01. The molecule has 2 aliphatic rings. The summed E-state index contributed by atoms with van der Waals surface area (Å²) >= 11 is 12.3. The van der Waals surface area contributed by atoms with E-state index in [2.05, 4.69) is 0 Å². The van der Waals surface area contributed by atoms with Crippen molar-refractivity contribution in [2.45, 2.75) is 50.0 Å². The number of carbonyl (C=O) groups is 2. The SMILES string of the molecule is CC[C@@](O)(c1cc(F)c2c(c1)C(=O)N(C(CC(=O)O)c1ccc(Cl)cc1)[C@@]2(OC)c1ccc(Cl)cc1)C1CCOCC1. The van der Waals surface area contributed by atoms with Gasteiger partial charge < -0.3 is 19.7 Å². The predicted molar refractivity (Wildman–Crippen MR) is 156 cm³/mol. The highest BCUT2D eigenvalue weighted by atomic mass is 35.5. The molecule has 0 bridgehead atoms. The van der Waals surface area contributed by atoms with Crippen LogP contribution in [0.5, 0.6) is 0 Å². The number of carboxylic acids is 1. The molecule has 0 spiro atoms. The van der Waals surface area contributed by atoms with Gasteiger partial charge in [0.2, 0.25) is 0 Å². The van der Waals surface area contributed by atoms with Crippen molar-refractivity contribution in [3.63, 3.8) is 0 Å². The number of benzene rings is 3. The Morgan fingerprint density at radius 1 is 1.12 bits per heavy atom. The minimum Gasteiger partial charge on any atom is -0.481 e. The number of ether oxygens (including phenoxy) is 2. The van der Waals surface area contributed by atoms with Crippen molar-refractivity contribution in [1.29, 1.82) is 0 Å². The number of fused-ring (bicyclic) bond motifs is 1. The molecule has 1 saturated heterocycles. The van der Waals surface area contributed by atoms with E-state index in [1.54, 1.807) is 48.5 Å². The molecule has 10 heteroatoms. The number of rotatable bonds is 9. The fourth-order valence-corrected chi connectivity index (χ4v) is 6.77.